The Morgan fingerprint density at radius 2 is 1.36 bits per heavy atom. The summed E-state index contributed by atoms with van der Waals surface area (Å²) in [6, 6.07) is 12.3. The molecule has 0 atom stereocenters. The molecule has 0 unspecified atom stereocenters. The molecule has 0 radical (unpaired) electrons. The largest absolute Gasteiger partial charge is 0.484 e. The summed E-state index contributed by atoms with van der Waals surface area (Å²) in [6.07, 6.45) is 1.14. The number of fused-ring (bicyclic) bond motifs is 1. The highest BCUT2D eigenvalue weighted by Gasteiger charge is 2.29. The molecule has 0 amide bonds. The van der Waals surface area contributed by atoms with Crippen molar-refractivity contribution in [3.63, 3.8) is 0 Å². The zero-order valence-electron chi connectivity index (χ0n) is 21.6. The van der Waals surface area contributed by atoms with Crippen LogP contribution in [0.5, 0.6) is 23.0 Å². The Hall–Kier alpha value is -3.25. The summed E-state index contributed by atoms with van der Waals surface area (Å²) in [5.41, 5.74) is 1.51. The van der Waals surface area contributed by atoms with Crippen molar-refractivity contribution in [3.05, 3.63) is 58.6 Å². The monoisotopic (exact) mass is 512 g/mol. The maximum atomic E-state index is 13.2. The van der Waals surface area contributed by atoms with E-state index >= 15 is 0 Å². The van der Waals surface area contributed by atoms with Crippen molar-refractivity contribution in [1.82, 2.24) is 0 Å². The lowest BCUT2D eigenvalue weighted by molar-refractivity contribution is -0.134. The van der Waals surface area contributed by atoms with Crippen LogP contribution >= 0.6 is 11.6 Å². The van der Waals surface area contributed by atoms with Gasteiger partial charge in [0.15, 0.2) is 11.5 Å². The van der Waals surface area contributed by atoms with Crippen LogP contribution < -0.4 is 18.9 Å². The maximum Gasteiger partial charge on any atom is 0.343 e. The first-order valence-corrected chi connectivity index (χ1v) is 12.7. The van der Waals surface area contributed by atoms with Crippen molar-refractivity contribution >= 4 is 34.3 Å². The molecule has 3 aromatic carbocycles. The SMILES string of the molecule is CCCC(=O)Oc1c(OC(C)C)c(OC(C)C)c(OC(=O)c2ccc(CC)cc2)c2ccc(Cl)cc12. The van der Waals surface area contributed by atoms with E-state index in [9.17, 15) is 9.59 Å². The van der Waals surface area contributed by atoms with Crippen LogP contribution in [0.4, 0.5) is 0 Å². The van der Waals surface area contributed by atoms with Crippen LogP contribution in [-0.4, -0.2) is 24.1 Å². The van der Waals surface area contributed by atoms with Gasteiger partial charge in [0, 0.05) is 22.2 Å². The molecule has 0 saturated carbocycles. The van der Waals surface area contributed by atoms with Crippen LogP contribution in [0.3, 0.4) is 0 Å². The minimum Gasteiger partial charge on any atom is -0.484 e. The van der Waals surface area contributed by atoms with Crippen molar-refractivity contribution in [2.24, 2.45) is 0 Å². The Kier molecular flexibility index (Phi) is 9.21. The average molecular weight is 513 g/mol. The molecule has 192 valence electrons. The van der Waals surface area contributed by atoms with E-state index in [0.717, 1.165) is 12.0 Å². The number of aryl methyl sites for hydroxylation is 1. The summed E-state index contributed by atoms with van der Waals surface area (Å²) >= 11 is 6.33. The zero-order chi connectivity index (χ0) is 26.4. The molecule has 3 rings (SSSR count). The fourth-order valence-electron chi connectivity index (χ4n) is 3.64. The van der Waals surface area contributed by atoms with E-state index < -0.39 is 11.9 Å². The van der Waals surface area contributed by atoms with Crippen molar-refractivity contribution < 1.29 is 28.5 Å². The lowest BCUT2D eigenvalue weighted by Gasteiger charge is -2.24. The van der Waals surface area contributed by atoms with Gasteiger partial charge in [-0.1, -0.05) is 37.6 Å². The van der Waals surface area contributed by atoms with Gasteiger partial charge < -0.3 is 18.9 Å². The van der Waals surface area contributed by atoms with Crippen LogP contribution in [0, 0.1) is 0 Å². The smallest absolute Gasteiger partial charge is 0.343 e. The van der Waals surface area contributed by atoms with E-state index in [-0.39, 0.29) is 41.6 Å². The molecule has 0 aliphatic heterocycles. The summed E-state index contributed by atoms with van der Waals surface area (Å²) in [4.78, 5) is 25.8. The molecule has 0 aliphatic rings. The van der Waals surface area contributed by atoms with E-state index in [1.807, 2.05) is 53.7 Å². The molecular formula is C29H33ClO6. The Balaban J connectivity index is 2.27. The third kappa shape index (κ3) is 6.49. The van der Waals surface area contributed by atoms with Gasteiger partial charge in [0.05, 0.1) is 17.8 Å². The first-order chi connectivity index (χ1) is 17.1. The van der Waals surface area contributed by atoms with Crippen LogP contribution in [0.2, 0.25) is 5.02 Å². The van der Waals surface area contributed by atoms with E-state index in [1.165, 1.54) is 0 Å². The van der Waals surface area contributed by atoms with Gasteiger partial charge in [-0.2, -0.15) is 0 Å². The molecule has 36 heavy (non-hydrogen) atoms. The fourth-order valence-corrected chi connectivity index (χ4v) is 3.81. The standard InChI is InChI=1S/C29H33ClO6/c1-7-9-24(31)35-26-23-16-21(30)14-15-22(23)25(27(33-17(3)4)28(26)34-18(5)6)36-29(32)20-12-10-19(8-2)11-13-20/h10-18H,7-9H2,1-6H3. The first kappa shape index (κ1) is 27.3. The minimum atomic E-state index is -0.547. The molecule has 0 bridgehead atoms. The van der Waals surface area contributed by atoms with Gasteiger partial charge in [-0.25, -0.2) is 4.79 Å². The summed E-state index contributed by atoms with van der Waals surface area (Å²) in [5.74, 6) is -0.237. The summed E-state index contributed by atoms with van der Waals surface area (Å²) in [5, 5.41) is 1.41. The van der Waals surface area contributed by atoms with Crippen molar-refractivity contribution in [2.75, 3.05) is 0 Å². The van der Waals surface area contributed by atoms with Gasteiger partial charge in [0.1, 0.15) is 0 Å². The number of rotatable bonds is 10. The Morgan fingerprint density at radius 3 is 1.89 bits per heavy atom. The summed E-state index contributed by atoms with van der Waals surface area (Å²) < 4.78 is 24.0. The van der Waals surface area contributed by atoms with Crippen LogP contribution in [-0.2, 0) is 11.2 Å². The molecule has 0 fully saturated rings. The summed E-state index contributed by atoms with van der Waals surface area (Å²) in [7, 11) is 0. The Morgan fingerprint density at radius 1 is 0.778 bits per heavy atom. The first-order valence-electron chi connectivity index (χ1n) is 12.3. The number of carbonyl (C=O) groups is 2. The van der Waals surface area contributed by atoms with Crippen LogP contribution in [0.1, 0.15) is 70.3 Å². The molecule has 0 N–H and O–H groups in total. The number of esters is 2. The Labute approximate surface area is 217 Å². The van der Waals surface area contributed by atoms with Gasteiger partial charge in [-0.3, -0.25) is 4.79 Å². The zero-order valence-corrected chi connectivity index (χ0v) is 22.4. The van der Waals surface area contributed by atoms with E-state index in [4.69, 9.17) is 30.5 Å². The molecule has 0 heterocycles. The summed E-state index contributed by atoms with van der Waals surface area (Å²) in [6.45, 7) is 11.3. The van der Waals surface area contributed by atoms with Gasteiger partial charge in [0.2, 0.25) is 11.5 Å². The highest BCUT2D eigenvalue weighted by Crippen LogP contribution is 2.52. The number of hydrogen-bond donors (Lipinski definition) is 0. The second-order valence-corrected chi connectivity index (χ2v) is 9.44. The number of ether oxygens (including phenoxy) is 4. The van der Waals surface area contributed by atoms with Crippen molar-refractivity contribution in [2.45, 2.75) is 73.0 Å². The van der Waals surface area contributed by atoms with Gasteiger partial charge in [-0.15, -0.1) is 0 Å². The quantitative estimate of drug-likeness (QED) is 0.206. The number of carbonyl (C=O) groups excluding carboxylic acids is 2. The van der Waals surface area contributed by atoms with E-state index in [0.29, 0.717) is 27.8 Å². The van der Waals surface area contributed by atoms with E-state index in [1.54, 1.807) is 30.3 Å². The van der Waals surface area contributed by atoms with Crippen LogP contribution in [0.25, 0.3) is 10.8 Å². The minimum absolute atomic E-state index is 0.172. The third-order valence-electron chi connectivity index (χ3n) is 5.26. The lowest BCUT2D eigenvalue weighted by Crippen LogP contribution is -2.17. The highest BCUT2D eigenvalue weighted by molar-refractivity contribution is 6.31. The van der Waals surface area contributed by atoms with Gasteiger partial charge in [-0.05, 0) is 76.4 Å². The Bertz CT molecular complexity index is 1230. The molecule has 6 nitrogen and oxygen atoms in total. The molecular weight excluding hydrogens is 480 g/mol. The van der Waals surface area contributed by atoms with Crippen molar-refractivity contribution in [3.8, 4) is 23.0 Å². The van der Waals surface area contributed by atoms with E-state index in [2.05, 4.69) is 0 Å². The predicted octanol–water partition coefficient (Wildman–Crippen LogP) is 7.55. The van der Waals surface area contributed by atoms with Crippen molar-refractivity contribution in [1.29, 1.82) is 0 Å². The average Bonchev–Trinajstić information content (AvgIpc) is 2.83. The second kappa shape index (κ2) is 12.1. The molecule has 0 saturated heterocycles. The molecule has 0 aromatic heterocycles. The predicted molar refractivity (Wildman–Crippen MR) is 142 cm³/mol. The fraction of sp³-hybridized carbons (Fsp3) is 0.379. The second-order valence-electron chi connectivity index (χ2n) is 9.00. The number of benzene rings is 3. The number of halogens is 1. The molecule has 0 aliphatic carbocycles. The lowest BCUT2D eigenvalue weighted by atomic mass is 10.1. The number of hydrogen-bond acceptors (Lipinski definition) is 6. The van der Waals surface area contributed by atoms with Gasteiger partial charge in [0.25, 0.3) is 0 Å². The topological polar surface area (TPSA) is 71.1 Å². The normalized spacial score (nSPS) is 11.1. The van der Waals surface area contributed by atoms with Gasteiger partial charge >= 0.3 is 11.9 Å². The van der Waals surface area contributed by atoms with Crippen LogP contribution in [0.15, 0.2) is 42.5 Å². The highest BCUT2D eigenvalue weighted by atomic mass is 35.5. The molecule has 3 aromatic rings. The maximum absolute atomic E-state index is 13.2. The molecule has 0 spiro atoms. The third-order valence-corrected chi connectivity index (χ3v) is 5.49. The molecule has 7 heteroatoms.